The highest BCUT2D eigenvalue weighted by molar-refractivity contribution is 6.29. The summed E-state index contributed by atoms with van der Waals surface area (Å²) >= 11 is 5.73. The summed E-state index contributed by atoms with van der Waals surface area (Å²) in [4.78, 5) is 15.9. The van der Waals surface area contributed by atoms with Gasteiger partial charge in [0, 0.05) is 5.56 Å². The number of amides is 1. The molecule has 0 aliphatic heterocycles. The number of pyridine rings is 1. The van der Waals surface area contributed by atoms with Crippen LogP contribution < -0.4 is 11.1 Å². The molecule has 1 amide bonds. The summed E-state index contributed by atoms with van der Waals surface area (Å²) in [7, 11) is 0. The van der Waals surface area contributed by atoms with E-state index in [2.05, 4.69) is 10.3 Å². The molecule has 1 aromatic heterocycles. The zero-order valence-corrected chi connectivity index (χ0v) is 11.5. The van der Waals surface area contributed by atoms with Crippen LogP contribution in [0.4, 0.5) is 10.1 Å². The van der Waals surface area contributed by atoms with E-state index in [0.717, 1.165) is 0 Å². The molecule has 4 nitrogen and oxygen atoms in total. The molecular formula is C14H13ClFN3O. The Labute approximate surface area is 120 Å². The third-order valence-electron chi connectivity index (χ3n) is 2.87. The molecule has 0 aliphatic rings. The van der Waals surface area contributed by atoms with E-state index in [1.165, 1.54) is 18.3 Å². The van der Waals surface area contributed by atoms with Gasteiger partial charge in [-0.05, 0) is 19.1 Å². The second-order valence-corrected chi connectivity index (χ2v) is 4.70. The van der Waals surface area contributed by atoms with E-state index in [1.807, 2.05) is 0 Å². The number of anilines is 1. The lowest BCUT2D eigenvalue weighted by Gasteiger charge is -2.15. The summed E-state index contributed by atoms with van der Waals surface area (Å²) in [5.41, 5.74) is 6.51. The molecule has 0 fully saturated rings. The quantitative estimate of drug-likeness (QED) is 0.855. The van der Waals surface area contributed by atoms with Gasteiger partial charge in [-0.15, -0.1) is 0 Å². The first-order valence-electron chi connectivity index (χ1n) is 5.95. The molecule has 104 valence electrons. The molecule has 0 saturated heterocycles. The van der Waals surface area contributed by atoms with Crippen molar-refractivity contribution in [2.24, 2.45) is 0 Å². The van der Waals surface area contributed by atoms with E-state index >= 15 is 0 Å². The molecule has 1 aromatic carbocycles. The summed E-state index contributed by atoms with van der Waals surface area (Å²) in [6.07, 6.45) is 1.31. The van der Waals surface area contributed by atoms with Crippen LogP contribution >= 0.6 is 11.6 Å². The molecule has 6 heteroatoms. The van der Waals surface area contributed by atoms with Gasteiger partial charge in [0.25, 0.3) is 5.91 Å². The maximum atomic E-state index is 13.6. The molecule has 2 aromatic rings. The number of carbonyl (C=O) groups excluding carboxylic acids is 1. The fourth-order valence-corrected chi connectivity index (χ4v) is 1.97. The van der Waals surface area contributed by atoms with Crippen LogP contribution in [0.1, 0.15) is 28.9 Å². The molecular weight excluding hydrogens is 281 g/mol. The highest BCUT2D eigenvalue weighted by Gasteiger charge is 2.16. The summed E-state index contributed by atoms with van der Waals surface area (Å²) < 4.78 is 13.6. The normalized spacial score (nSPS) is 11.9. The zero-order chi connectivity index (χ0) is 14.7. The van der Waals surface area contributed by atoms with E-state index in [9.17, 15) is 9.18 Å². The van der Waals surface area contributed by atoms with Crippen molar-refractivity contribution in [2.75, 3.05) is 5.73 Å². The first-order chi connectivity index (χ1) is 9.49. The van der Waals surface area contributed by atoms with Crippen LogP contribution in [0.2, 0.25) is 5.15 Å². The maximum Gasteiger partial charge on any atom is 0.254 e. The van der Waals surface area contributed by atoms with Crippen molar-refractivity contribution in [2.45, 2.75) is 13.0 Å². The maximum absolute atomic E-state index is 13.6. The average Bonchev–Trinajstić information content (AvgIpc) is 2.41. The molecule has 2 rings (SSSR count). The lowest BCUT2D eigenvalue weighted by molar-refractivity contribution is 0.0940. The van der Waals surface area contributed by atoms with Crippen molar-refractivity contribution in [3.05, 3.63) is 58.6 Å². The molecule has 1 atom stereocenters. The van der Waals surface area contributed by atoms with Gasteiger partial charge in [0.1, 0.15) is 11.0 Å². The van der Waals surface area contributed by atoms with Gasteiger partial charge >= 0.3 is 0 Å². The summed E-state index contributed by atoms with van der Waals surface area (Å²) in [6.45, 7) is 1.69. The SMILES string of the molecule is CC(NC(=O)c1cc(Cl)ncc1N)c1ccccc1F. The third-order valence-corrected chi connectivity index (χ3v) is 3.07. The van der Waals surface area contributed by atoms with Crippen LogP contribution in [0, 0.1) is 5.82 Å². The van der Waals surface area contributed by atoms with Gasteiger partial charge < -0.3 is 11.1 Å². The standard InChI is InChI=1S/C14H13ClFN3O/c1-8(9-4-2-3-5-11(9)16)19-14(20)10-6-13(15)18-7-12(10)17/h2-8H,17H2,1H3,(H,19,20). The van der Waals surface area contributed by atoms with Crippen molar-refractivity contribution in [3.63, 3.8) is 0 Å². The number of halogens is 2. The molecule has 3 N–H and O–H groups in total. The third kappa shape index (κ3) is 3.05. The molecule has 0 aliphatic carbocycles. The van der Waals surface area contributed by atoms with Crippen LogP contribution in [-0.4, -0.2) is 10.9 Å². The van der Waals surface area contributed by atoms with Crippen molar-refractivity contribution < 1.29 is 9.18 Å². The second-order valence-electron chi connectivity index (χ2n) is 4.31. The van der Waals surface area contributed by atoms with Gasteiger partial charge in [0.15, 0.2) is 0 Å². The van der Waals surface area contributed by atoms with Crippen LogP contribution in [0.25, 0.3) is 0 Å². The highest BCUT2D eigenvalue weighted by Crippen LogP contribution is 2.19. The number of carbonyl (C=O) groups is 1. The van der Waals surface area contributed by atoms with Gasteiger partial charge in [-0.1, -0.05) is 29.8 Å². The van der Waals surface area contributed by atoms with Crippen LogP contribution in [0.3, 0.4) is 0 Å². The van der Waals surface area contributed by atoms with Gasteiger partial charge in [0.05, 0.1) is 23.5 Å². The summed E-state index contributed by atoms with van der Waals surface area (Å²) in [5, 5.41) is 2.85. The topological polar surface area (TPSA) is 68.0 Å². The Balaban J connectivity index is 2.20. The largest absolute Gasteiger partial charge is 0.397 e. The van der Waals surface area contributed by atoms with Crippen LogP contribution in [0.5, 0.6) is 0 Å². The van der Waals surface area contributed by atoms with Crippen molar-refractivity contribution >= 4 is 23.2 Å². The summed E-state index contributed by atoms with van der Waals surface area (Å²) in [5.74, 6) is -0.802. The fourth-order valence-electron chi connectivity index (χ4n) is 1.82. The summed E-state index contributed by atoms with van der Waals surface area (Å²) in [6, 6.07) is 7.14. The molecule has 20 heavy (non-hydrogen) atoms. The number of aromatic nitrogens is 1. The monoisotopic (exact) mass is 293 g/mol. The smallest absolute Gasteiger partial charge is 0.254 e. The van der Waals surface area contributed by atoms with E-state index in [0.29, 0.717) is 5.56 Å². The zero-order valence-electron chi connectivity index (χ0n) is 10.7. The molecule has 0 saturated carbocycles. The van der Waals surface area contributed by atoms with E-state index in [-0.39, 0.29) is 22.2 Å². The predicted octanol–water partition coefficient (Wildman–Crippen LogP) is 2.95. The fraction of sp³-hybridized carbons (Fsp3) is 0.143. The average molecular weight is 294 g/mol. The minimum absolute atomic E-state index is 0.169. The molecule has 0 bridgehead atoms. The van der Waals surface area contributed by atoms with E-state index in [4.69, 9.17) is 17.3 Å². The Morgan fingerprint density at radius 1 is 1.45 bits per heavy atom. The van der Waals surface area contributed by atoms with Gasteiger partial charge in [-0.2, -0.15) is 0 Å². The molecule has 0 radical (unpaired) electrons. The van der Waals surface area contributed by atoms with Crippen LogP contribution in [-0.2, 0) is 0 Å². The number of hydrogen-bond donors (Lipinski definition) is 2. The lowest BCUT2D eigenvalue weighted by Crippen LogP contribution is -2.28. The van der Waals surface area contributed by atoms with Crippen molar-refractivity contribution in [1.82, 2.24) is 10.3 Å². The first kappa shape index (κ1) is 14.3. The number of nitrogen functional groups attached to an aromatic ring is 1. The Morgan fingerprint density at radius 2 is 2.15 bits per heavy atom. The van der Waals surface area contributed by atoms with Gasteiger partial charge in [-0.25, -0.2) is 9.37 Å². The molecule has 0 spiro atoms. The minimum atomic E-state index is -0.491. The predicted molar refractivity (Wildman–Crippen MR) is 75.9 cm³/mol. The van der Waals surface area contributed by atoms with Crippen LogP contribution in [0.15, 0.2) is 36.5 Å². The Hall–Kier alpha value is -2.14. The lowest BCUT2D eigenvalue weighted by atomic mass is 10.1. The highest BCUT2D eigenvalue weighted by atomic mass is 35.5. The van der Waals surface area contributed by atoms with Crippen molar-refractivity contribution in [3.8, 4) is 0 Å². The van der Waals surface area contributed by atoms with Gasteiger partial charge in [0.2, 0.25) is 0 Å². The number of hydrogen-bond acceptors (Lipinski definition) is 3. The number of nitrogens with zero attached hydrogens (tertiary/aromatic N) is 1. The Morgan fingerprint density at radius 3 is 2.85 bits per heavy atom. The van der Waals surface area contributed by atoms with E-state index < -0.39 is 11.9 Å². The molecule has 1 unspecified atom stereocenters. The number of nitrogens with two attached hydrogens (primary N) is 1. The molecule has 1 heterocycles. The number of rotatable bonds is 3. The van der Waals surface area contributed by atoms with Gasteiger partial charge in [-0.3, -0.25) is 4.79 Å². The van der Waals surface area contributed by atoms with Crippen molar-refractivity contribution in [1.29, 1.82) is 0 Å². The second kappa shape index (κ2) is 5.88. The minimum Gasteiger partial charge on any atom is -0.397 e. The Bertz CT molecular complexity index is 648. The van der Waals surface area contributed by atoms with E-state index in [1.54, 1.807) is 25.1 Å². The Kier molecular flexibility index (Phi) is 4.20. The first-order valence-corrected chi connectivity index (χ1v) is 6.33. The number of benzene rings is 1. The number of nitrogens with one attached hydrogen (secondary N) is 1.